The number of fused-ring (bicyclic) bond motifs is 1. The fraction of sp³-hybridized carbons (Fsp3) is 0.538. The summed E-state index contributed by atoms with van der Waals surface area (Å²) in [6.45, 7) is 3.31. The Kier molecular flexibility index (Phi) is 1.76. The topological polar surface area (TPSA) is 15.3 Å². The zero-order valence-electron chi connectivity index (χ0n) is 9.51. The van der Waals surface area contributed by atoms with Gasteiger partial charge in [-0.1, -0.05) is 12.1 Å². The van der Waals surface area contributed by atoms with Crippen LogP contribution in [0.1, 0.15) is 24.8 Å². The van der Waals surface area contributed by atoms with E-state index in [9.17, 15) is 0 Å². The molecule has 0 bridgehead atoms. The van der Waals surface area contributed by atoms with Crippen LogP contribution in [0, 0.1) is 6.92 Å². The van der Waals surface area contributed by atoms with Gasteiger partial charge in [0.25, 0.3) is 0 Å². The Morgan fingerprint density at radius 1 is 1.33 bits per heavy atom. The Labute approximate surface area is 91.3 Å². The molecule has 0 atom stereocenters. The largest absolute Gasteiger partial charge is 0.381 e. The first-order valence-corrected chi connectivity index (χ1v) is 5.80. The van der Waals surface area contributed by atoms with Gasteiger partial charge in [-0.15, -0.1) is 0 Å². The molecule has 0 radical (unpaired) electrons. The average Bonchev–Trinajstić information content (AvgIpc) is 2.16. The van der Waals surface area contributed by atoms with Crippen molar-refractivity contribution >= 4 is 11.4 Å². The van der Waals surface area contributed by atoms with Crippen LogP contribution in [0.2, 0.25) is 0 Å². The maximum atomic E-state index is 3.58. The molecule has 1 heterocycles. The molecule has 1 saturated carbocycles. The molecule has 1 fully saturated rings. The van der Waals surface area contributed by atoms with E-state index in [4.69, 9.17) is 0 Å². The first kappa shape index (κ1) is 9.08. The monoisotopic (exact) mass is 202 g/mol. The number of nitrogens with zero attached hydrogens (tertiary/aromatic N) is 1. The molecule has 2 nitrogen and oxygen atoms in total. The molecule has 2 aliphatic rings. The molecule has 2 heteroatoms. The third kappa shape index (κ3) is 1.11. The number of hydrogen-bond donors (Lipinski definition) is 1. The minimum absolute atomic E-state index is 0.416. The zero-order chi connectivity index (χ0) is 10.5. The van der Waals surface area contributed by atoms with Gasteiger partial charge in [0.15, 0.2) is 0 Å². The lowest BCUT2D eigenvalue weighted by Gasteiger charge is -2.53. The van der Waals surface area contributed by atoms with Gasteiger partial charge in [-0.05, 0) is 37.8 Å². The second kappa shape index (κ2) is 2.91. The Morgan fingerprint density at radius 3 is 2.80 bits per heavy atom. The summed E-state index contributed by atoms with van der Waals surface area (Å²) in [4.78, 5) is 2.51. The number of anilines is 2. The highest BCUT2D eigenvalue weighted by atomic mass is 15.3. The van der Waals surface area contributed by atoms with Crippen LogP contribution in [0.15, 0.2) is 18.2 Å². The molecule has 1 aliphatic heterocycles. The van der Waals surface area contributed by atoms with E-state index < -0.39 is 0 Å². The van der Waals surface area contributed by atoms with Crippen molar-refractivity contribution in [2.45, 2.75) is 31.7 Å². The maximum Gasteiger partial charge on any atom is 0.0634 e. The van der Waals surface area contributed by atoms with E-state index in [-0.39, 0.29) is 0 Å². The SMILES string of the molecule is Cc1cccc2c1N(C)C1(CCC1)CN2. The molecule has 0 amide bonds. The Hall–Kier alpha value is -1.18. The quantitative estimate of drug-likeness (QED) is 0.696. The molecule has 3 rings (SSSR count). The Balaban J connectivity index is 2.08. The van der Waals surface area contributed by atoms with E-state index >= 15 is 0 Å². The smallest absolute Gasteiger partial charge is 0.0634 e. The third-order valence-electron chi connectivity index (χ3n) is 4.18. The Morgan fingerprint density at radius 2 is 2.13 bits per heavy atom. The van der Waals surface area contributed by atoms with Crippen molar-refractivity contribution in [2.75, 3.05) is 23.8 Å². The van der Waals surface area contributed by atoms with Gasteiger partial charge in [-0.2, -0.15) is 0 Å². The minimum atomic E-state index is 0.416. The molecule has 1 aromatic rings. The summed E-state index contributed by atoms with van der Waals surface area (Å²) in [6.07, 6.45) is 4.06. The van der Waals surface area contributed by atoms with Crippen LogP contribution in [0.3, 0.4) is 0 Å². The fourth-order valence-corrected chi connectivity index (χ4v) is 2.96. The average molecular weight is 202 g/mol. The van der Waals surface area contributed by atoms with Gasteiger partial charge in [0.05, 0.1) is 16.9 Å². The van der Waals surface area contributed by atoms with E-state index in [1.165, 1.54) is 36.2 Å². The van der Waals surface area contributed by atoms with E-state index in [1.54, 1.807) is 0 Å². The highest BCUT2D eigenvalue weighted by Crippen LogP contribution is 2.46. The number of aryl methyl sites for hydroxylation is 1. The lowest BCUT2D eigenvalue weighted by molar-refractivity contribution is 0.248. The molecule has 1 aromatic carbocycles. The number of likely N-dealkylation sites (N-methyl/N-ethyl adjacent to an activating group) is 1. The van der Waals surface area contributed by atoms with Gasteiger partial charge >= 0.3 is 0 Å². The van der Waals surface area contributed by atoms with Crippen molar-refractivity contribution in [3.8, 4) is 0 Å². The lowest BCUT2D eigenvalue weighted by atomic mass is 9.74. The van der Waals surface area contributed by atoms with Crippen LogP contribution in [0.25, 0.3) is 0 Å². The number of para-hydroxylation sites is 1. The minimum Gasteiger partial charge on any atom is -0.381 e. The first-order valence-electron chi connectivity index (χ1n) is 5.80. The van der Waals surface area contributed by atoms with Crippen molar-refractivity contribution in [3.63, 3.8) is 0 Å². The predicted molar refractivity (Wildman–Crippen MR) is 64.7 cm³/mol. The van der Waals surface area contributed by atoms with Crippen LogP contribution in [-0.2, 0) is 0 Å². The van der Waals surface area contributed by atoms with E-state index in [2.05, 4.69) is 42.4 Å². The van der Waals surface area contributed by atoms with Crippen molar-refractivity contribution in [1.29, 1.82) is 0 Å². The molecule has 1 spiro atoms. The summed E-state index contributed by atoms with van der Waals surface area (Å²) >= 11 is 0. The van der Waals surface area contributed by atoms with Crippen LogP contribution in [-0.4, -0.2) is 19.1 Å². The highest BCUT2D eigenvalue weighted by molar-refractivity contribution is 5.77. The second-order valence-corrected chi connectivity index (χ2v) is 4.96. The van der Waals surface area contributed by atoms with Crippen molar-refractivity contribution < 1.29 is 0 Å². The van der Waals surface area contributed by atoms with Gasteiger partial charge < -0.3 is 10.2 Å². The Bertz CT molecular complexity index is 394. The first-order chi connectivity index (χ1) is 7.23. The standard InChI is InChI=1S/C13H18N2/c1-10-5-3-6-11-12(10)15(2)13(9-14-11)7-4-8-13/h3,5-6,14H,4,7-9H2,1-2H3. The summed E-state index contributed by atoms with van der Waals surface area (Å²) in [6, 6.07) is 6.52. The van der Waals surface area contributed by atoms with Crippen molar-refractivity contribution in [1.82, 2.24) is 0 Å². The molecule has 0 unspecified atom stereocenters. The second-order valence-electron chi connectivity index (χ2n) is 4.96. The van der Waals surface area contributed by atoms with Crippen LogP contribution < -0.4 is 10.2 Å². The number of hydrogen-bond acceptors (Lipinski definition) is 2. The molecule has 15 heavy (non-hydrogen) atoms. The normalized spacial score (nSPS) is 21.9. The van der Waals surface area contributed by atoms with Crippen LogP contribution in [0.5, 0.6) is 0 Å². The van der Waals surface area contributed by atoms with Gasteiger partial charge in [0.1, 0.15) is 0 Å². The van der Waals surface area contributed by atoms with Crippen molar-refractivity contribution in [2.24, 2.45) is 0 Å². The number of benzene rings is 1. The molecule has 1 N–H and O–H groups in total. The number of rotatable bonds is 0. The molecule has 1 aliphatic carbocycles. The van der Waals surface area contributed by atoms with E-state index in [1.807, 2.05) is 0 Å². The fourth-order valence-electron chi connectivity index (χ4n) is 2.96. The lowest BCUT2D eigenvalue weighted by Crippen LogP contribution is -2.59. The van der Waals surface area contributed by atoms with E-state index in [0.29, 0.717) is 5.54 Å². The van der Waals surface area contributed by atoms with Gasteiger partial charge in [0.2, 0.25) is 0 Å². The summed E-state index contributed by atoms with van der Waals surface area (Å²) in [7, 11) is 2.26. The van der Waals surface area contributed by atoms with Crippen molar-refractivity contribution in [3.05, 3.63) is 23.8 Å². The zero-order valence-corrected chi connectivity index (χ0v) is 9.51. The molecular formula is C13H18N2. The molecular weight excluding hydrogens is 184 g/mol. The van der Waals surface area contributed by atoms with E-state index in [0.717, 1.165) is 6.54 Å². The summed E-state index contributed by atoms with van der Waals surface area (Å²) in [5, 5.41) is 3.58. The van der Waals surface area contributed by atoms with Gasteiger partial charge in [0, 0.05) is 13.6 Å². The van der Waals surface area contributed by atoms with Gasteiger partial charge in [-0.25, -0.2) is 0 Å². The van der Waals surface area contributed by atoms with Crippen LogP contribution in [0.4, 0.5) is 11.4 Å². The summed E-state index contributed by atoms with van der Waals surface area (Å²) in [5.41, 5.74) is 4.51. The third-order valence-corrected chi connectivity index (χ3v) is 4.18. The molecule has 80 valence electrons. The summed E-state index contributed by atoms with van der Waals surface area (Å²) < 4.78 is 0. The predicted octanol–water partition coefficient (Wildman–Crippen LogP) is 2.78. The summed E-state index contributed by atoms with van der Waals surface area (Å²) in [5.74, 6) is 0. The highest BCUT2D eigenvalue weighted by Gasteiger charge is 2.44. The molecule has 0 saturated heterocycles. The van der Waals surface area contributed by atoms with Crippen LogP contribution >= 0.6 is 0 Å². The number of nitrogens with one attached hydrogen (secondary N) is 1. The maximum absolute atomic E-state index is 3.58. The molecule has 0 aromatic heterocycles. The van der Waals surface area contributed by atoms with Gasteiger partial charge in [-0.3, -0.25) is 0 Å².